The number of alkyl halides is 3. The van der Waals surface area contributed by atoms with Gasteiger partial charge in [-0.1, -0.05) is 6.07 Å². The number of anilines is 1. The molecule has 144 valence electrons. The first kappa shape index (κ1) is 19.0. The van der Waals surface area contributed by atoms with Crippen molar-refractivity contribution in [2.75, 3.05) is 26.0 Å². The Labute approximate surface area is 150 Å². The number of likely N-dealkylation sites (N-methyl/N-ethyl adjacent to an activating group) is 1. The second-order valence-electron chi connectivity index (χ2n) is 6.01. The molecule has 3 rings (SSSR count). The quantitative estimate of drug-likeness (QED) is 0.683. The van der Waals surface area contributed by atoms with Crippen LogP contribution in [0, 0.1) is 11.6 Å². The zero-order valence-corrected chi connectivity index (χ0v) is 14.3. The smallest absolute Gasteiger partial charge is 0.367 e. The van der Waals surface area contributed by atoms with Gasteiger partial charge in [0.05, 0.1) is 6.04 Å². The maximum atomic E-state index is 14.1. The first-order chi connectivity index (χ1) is 12.7. The first-order valence-electron chi connectivity index (χ1n) is 7.82. The number of nitrogens with zero attached hydrogens (tertiary/aromatic N) is 5. The highest BCUT2D eigenvalue weighted by Gasteiger charge is 2.37. The molecule has 0 radical (unpaired) electrons. The van der Waals surface area contributed by atoms with Gasteiger partial charge in [0.1, 0.15) is 17.5 Å². The van der Waals surface area contributed by atoms with Crippen molar-refractivity contribution in [3.05, 3.63) is 53.4 Å². The average molecular weight is 386 g/mol. The lowest BCUT2D eigenvalue weighted by molar-refractivity contribution is -0.146. The Morgan fingerprint density at radius 1 is 1.07 bits per heavy atom. The van der Waals surface area contributed by atoms with Crippen LogP contribution in [0.2, 0.25) is 0 Å². The number of hydrogen-bond acceptors (Lipinski definition) is 5. The minimum atomic E-state index is -4.71. The fourth-order valence-electron chi connectivity index (χ4n) is 2.63. The third kappa shape index (κ3) is 3.82. The fourth-order valence-corrected chi connectivity index (χ4v) is 2.63. The lowest BCUT2D eigenvalue weighted by atomic mass is 10.0. The second-order valence-corrected chi connectivity index (χ2v) is 6.01. The average Bonchev–Trinajstić information content (AvgIpc) is 3.00. The van der Waals surface area contributed by atoms with Gasteiger partial charge in [-0.3, -0.25) is 0 Å². The number of nitrogens with one attached hydrogen (secondary N) is 1. The molecule has 2 heterocycles. The molecule has 0 bridgehead atoms. The Hall–Kier alpha value is -2.82. The summed E-state index contributed by atoms with van der Waals surface area (Å²) in [5, 5.41) is 13.1. The zero-order valence-electron chi connectivity index (χ0n) is 14.3. The molecule has 0 aliphatic heterocycles. The molecule has 27 heavy (non-hydrogen) atoms. The van der Waals surface area contributed by atoms with Gasteiger partial charge in [0, 0.05) is 12.1 Å². The normalized spacial score (nSPS) is 13.3. The van der Waals surface area contributed by atoms with E-state index in [2.05, 4.69) is 20.6 Å². The Morgan fingerprint density at radius 3 is 2.33 bits per heavy atom. The highest BCUT2D eigenvalue weighted by molar-refractivity contribution is 5.44. The molecule has 0 amide bonds. The van der Waals surface area contributed by atoms with Gasteiger partial charge in [0.2, 0.25) is 0 Å². The van der Waals surface area contributed by atoms with Crippen molar-refractivity contribution >= 4 is 11.5 Å². The number of rotatable bonds is 5. The van der Waals surface area contributed by atoms with Crippen LogP contribution < -0.4 is 5.32 Å². The second kappa shape index (κ2) is 7.06. The molecule has 2 aromatic heterocycles. The van der Waals surface area contributed by atoms with Gasteiger partial charge < -0.3 is 10.2 Å². The van der Waals surface area contributed by atoms with Crippen LogP contribution in [0.15, 0.2) is 30.3 Å². The third-order valence-corrected chi connectivity index (χ3v) is 3.95. The molecule has 6 nitrogen and oxygen atoms in total. The Balaban J connectivity index is 1.88. The summed E-state index contributed by atoms with van der Waals surface area (Å²) in [5.74, 6) is -2.60. The number of fused-ring (bicyclic) bond motifs is 1. The van der Waals surface area contributed by atoms with Crippen LogP contribution in [0.3, 0.4) is 0 Å². The minimum Gasteiger partial charge on any atom is -0.367 e. The van der Waals surface area contributed by atoms with Gasteiger partial charge in [-0.2, -0.15) is 17.7 Å². The lowest BCUT2D eigenvalue weighted by Crippen LogP contribution is -2.29. The fraction of sp³-hybridized carbons (Fsp3) is 0.312. The van der Waals surface area contributed by atoms with E-state index in [0.29, 0.717) is 4.52 Å². The van der Waals surface area contributed by atoms with Crippen molar-refractivity contribution in [2.45, 2.75) is 12.2 Å². The summed E-state index contributed by atoms with van der Waals surface area (Å²) in [5.41, 5.74) is -0.214. The molecule has 0 saturated heterocycles. The van der Waals surface area contributed by atoms with Crippen LogP contribution >= 0.6 is 0 Å². The standard InChI is InChI=1S/C16H15F5N6/c1-26(2)11(14-9(17)4-3-5-10(14)18)8-22-12-6-7-13-23-24-15(16(19,20)21)27(13)25-12/h3-7,11H,8H2,1-2H3,(H,22,25). The van der Waals surface area contributed by atoms with E-state index in [4.69, 9.17) is 0 Å². The summed E-state index contributed by atoms with van der Waals surface area (Å²) in [4.78, 5) is 1.59. The molecule has 0 spiro atoms. The number of halogens is 5. The predicted molar refractivity (Wildman–Crippen MR) is 87.1 cm³/mol. The van der Waals surface area contributed by atoms with Crippen LogP contribution in [-0.4, -0.2) is 45.4 Å². The monoisotopic (exact) mass is 386 g/mol. The summed E-state index contributed by atoms with van der Waals surface area (Å²) < 4.78 is 67.5. The first-order valence-corrected chi connectivity index (χ1v) is 7.82. The van der Waals surface area contributed by atoms with Crippen molar-refractivity contribution in [2.24, 2.45) is 0 Å². The molecular weight excluding hydrogens is 371 g/mol. The van der Waals surface area contributed by atoms with Gasteiger partial charge in [-0.05, 0) is 38.4 Å². The molecule has 1 N–H and O–H groups in total. The largest absolute Gasteiger partial charge is 0.453 e. The summed E-state index contributed by atoms with van der Waals surface area (Å²) in [7, 11) is 3.27. The third-order valence-electron chi connectivity index (χ3n) is 3.95. The van der Waals surface area contributed by atoms with Crippen molar-refractivity contribution in [1.82, 2.24) is 24.7 Å². The molecule has 11 heteroatoms. The van der Waals surface area contributed by atoms with Crippen LogP contribution in [0.1, 0.15) is 17.4 Å². The van der Waals surface area contributed by atoms with E-state index in [0.717, 1.165) is 12.1 Å². The predicted octanol–water partition coefficient (Wildman–Crippen LogP) is 3.14. The van der Waals surface area contributed by atoms with E-state index in [9.17, 15) is 22.0 Å². The van der Waals surface area contributed by atoms with E-state index in [-0.39, 0.29) is 23.6 Å². The summed E-state index contributed by atoms with van der Waals surface area (Å²) in [6.07, 6.45) is -4.71. The van der Waals surface area contributed by atoms with Gasteiger partial charge >= 0.3 is 6.18 Å². The van der Waals surface area contributed by atoms with Gasteiger partial charge in [-0.25, -0.2) is 8.78 Å². The minimum absolute atomic E-state index is 0.00678. The Bertz CT molecular complexity index is 932. The molecule has 0 saturated carbocycles. The van der Waals surface area contributed by atoms with Crippen molar-refractivity contribution in [3.63, 3.8) is 0 Å². The van der Waals surface area contributed by atoms with E-state index in [1.807, 2.05) is 0 Å². The van der Waals surface area contributed by atoms with E-state index >= 15 is 0 Å². The molecule has 3 aromatic rings. The van der Waals surface area contributed by atoms with Crippen molar-refractivity contribution in [1.29, 1.82) is 0 Å². The summed E-state index contributed by atoms with van der Waals surface area (Å²) >= 11 is 0. The van der Waals surface area contributed by atoms with Gasteiger partial charge in [0.15, 0.2) is 5.65 Å². The van der Waals surface area contributed by atoms with E-state index in [1.165, 1.54) is 18.2 Å². The Morgan fingerprint density at radius 2 is 1.74 bits per heavy atom. The molecular formula is C16H15F5N6. The SMILES string of the molecule is CN(C)C(CNc1ccc2nnc(C(F)(F)F)n2n1)c1c(F)cccc1F. The zero-order chi connectivity index (χ0) is 19.8. The van der Waals surface area contributed by atoms with Crippen molar-refractivity contribution < 1.29 is 22.0 Å². The van der Waals surface area contributed by atoms with E-state index in [1.54, 1.807) is 19.0 Å². The number of benzene rings is 1. The Kier molecular flexibility index (Phi) is 4.96. The van der Waals surface area contributed by atoms with Crippen LogP contribution in [0.5, 0.6) is 0 Å². The number of hydrogen-bond donors (Lipinski definition) is 1. The molecule has 0 fully saturated rings. The highest BCUT2D eigenvalue weighted by atomic mass is 19.4. The lowest BCUT2D eigenvalue weighted by Gasteiger charge is -2.26. The summed E-state index contributed by atoms with van der Waals surface area (Å²) in [6.45, 7) is 0.00678. The maximum Gasteiger partial charge on any atom is 0.453 e. The van der Waals surface area contributed by atoms with Crippen molar-refractivity contribution in [3.8, 4) is 0 Å². The topological polar surface area (TPSA) is 58.3 Å². The highest BCUT2D eigenvalue weighted by Crippen LogP contribution is 2.28. The van der Waals surface area contributed by atoms with Crippen LogP contribution in [0.4, 0.5) is 27.8 Å². The van der Waals surface area contributed by atoms with Crippen LogP contribution in [0.25, 0.3) is 5.65 Å². The van der Waals surface area contributed by atoms with Crippen LogP contribution in [-0.2, 0) is 6.18 Å². The van der Waals surface area contributed by atoms with E-state index < -0.39 is 29.7 Å². The van der Waals surface area contributed by atoms with Gasteiger partial charge in [-0.15, -0.1) is 15.3 Å². The number of aromatic nitrogens is 4. The van der Waals surface area contributed by atoms with Gasteiger partial charge in [0.25, 0.3) is 5.82 Å². The molecule has 0 aliphatic rings. The molecule has 1 unspecified atom stereocenters. The maximum absolute atomic E-state index is 14.1. The molecule has 0 aliphatic carbocycles. The summed E-state index contributed by atoms with van der Waals surface area (Å²) in [6, 6.07) is 5.55. The molecule has 1 atom stereocenters. The molecule has 1 aromatic carbocycles.